The molecule has 1 unspecified atom stereocenters. The molecule has 2 N–H and O–H groups in total. The molecule has 162 valence electrons. The number of nitrogens with one attached hydrogen (secondary N) is 2. The van der Waals surface area contributed by atoms with Gasteiger partial charge in [0.05, 0.1) is 23.3 Å². The molecule has 30 heavy (non-hydrogen) atoms. The smallest absolute Gasteiger partial charge is 0.255 e. The standard InChI is InChI=1S/C21H27N3O5S/c1-15-5-7-18(8-6-15)30(27,28)23-12-17-4-3-10-24(14-17)20(25)13-22-21(26)19-9-11-29-16(19)2/h5-9,11,17,23H,3-4,10,12-14H2,1-2H3,(H,22,26). The molecule has 2 aromatic rings. The first-order valence-corrected chi connectivity index (χ1v) is 11.4. The molecule has 2 heterocycles. The molecule has 1 aliphatic rings. The van der Waals surface area contributed by atoms with Crippen LogP contribution in [0.2, 0.25) is 0 Å². The quantitative estimate of drug-likeness (QED) is 0.693. The summed E-state index contributed by atoms with van der Waals surface area (Å²) in [6.45, 7) is 4.79. The molecule has 1 aromatic carbocycles. The highest BCUT2D eigenvalue weighted by Gasteiger charge is 2.25. The maximum atomic E-state index is 12.5. The average molecular weight is 434 g/mol. The first-order valence-electron chi connectivity index (χ1n) is 9.92. The number of amides is 2. The van der Waals surface area contributed by atoms with Gasteiger partial charge in [0.25, 0.3) is 5.91 Å². The molecule has 1 fully saturated rings. The van der Waals surface area contributed by atoms with E-state index in [1.807, 2.05) is 6.92 Å². The Labute approximate surface area is 176 Å². The fourth-order valence-corrected chi connectivity index (χ4v) is 4.59. The highest BCUT2D eigenvalue weighted by Crippen LogP contribution is 2.17. The number of likely N-dealkylation sites (tertiary alicyclic amines) is 1. The first-order chi connectivity index (χ1) is 14.3. The summed E-state index contributed by atoms with van der Waals surface area (Å²) in [5.41, 5.74) is 1.40. The van der Waals surface area contributed by atoms with Crippen molar-refractivity contribution in [2.45, 2.75) is 31.6 Å². The predicted octanol–water partition coefficient (Wildman–Crippen LogP) is 1.84. The summed E-state index contributed by atoms with van der Waals surface area (Å²) in [7, 11) is -3.58. The predicted molar refractivity (Wildman–Crippen MR) is 111 cm³/mol. The Balaban J connectivity index is 1.49. The van der Waals surface area contributed by atoms with Gasteiger partial charge in [0, 0.05) is 19.6 Å². The Hall–Kier alpha value is -2.65. The van der Waals surface area contributed by atoms with Crippen LogP contribution in [0.3, 0.4) is 0 Å². The van der Waals surface area contributed by atoms with Gasteiger partial charge < -0.3 is 14.6 Å². The maximum Gasteiger partial charge on any atom is 0.255 e. The zero-order valence-corrected chi connectivity index (χ0v) is 18.0. The summed E-state index contributed by atoms with van der Waals surface area (Å²) in [5.74, 6) is -0.0156. The van der Waals surface area contributed by atoms with Crippen molar-refractivity contribution < 1.29 is 22.4 Å². The molecule has 0 bridgehead atoms. The Bertz CT molecular complexity index is 998. The van der Waals surface area contributed by atoms with Crippen LogP contribution in [0.5, 0.6) is 0 Å². The van der Waals surface area contributed by atoms with Crippen LogP contribution < -0.4 is 10.0 Å². The number of hydrogen-bond acceptors (Lipinski definition) is 5. The average Bonchev–Trinajstić information content (AvgIpc) is 3.17. The summed E-state index contributed by atoms with van der Waals surface area (Å²) < 4.78 is 32.7. The summed E-state index contributed by atoms with van der Waals surface area (Å²) in [6.07, 6.45) is 3.05. The van der Waals surface area contributed by atoms with Crippen LogP contribution in [0, 0.1) is 19.8 Å². The number of benzene rings is 1. The maximum absolute atomic E-state index is 12.5. The van der Waals surface area contributed by atoms with E-state index in [2.05, 4.69) is 10.0 Å². The molecule has 1 aromatic heterocycles. The van der Waals surface area contributed by atoms with E-state index in [1.165, 1.54) is 6.26 Å². The summed E-state index contributed by atoms with van der Waals surface area (Å²) in [6, 6.07) is 8.24. The molecular weight excluding hydrogens is 406 g/mol. The number of nitrogens with zero attached hydrogens (tertiary/aromatic N) is 1. The van der Waals surface area contributed by atoms with E-state index in [0.717, 1.165) is 18.4 Å². The molecule has 1 aliphatic heterocycles. The van der Waals surface area contributed by atoms with Crippen LogP contribution in [0.4, 0.5) is 0 Å². The lowest BCUT2D eigenvalue weighted by molar-refractivity contribution is -0.131. The van der Waals surface area contributed by atoms with Gasteiger partial charge in [-0.25, -0.2) is 13.1 Å². The summed E-state index contributed by atoms with van der Waals surface area (Å²) in [4.78, 5) is 26.5. The number of carbonyl (C=O) groups is 2. The third-order valence-corrected chi connectivity index (χ3v) is 6.71. The van der Waals surface area contributed by atoms with E-state index in [1.54, 1.807) is 42.2 Å². The number of hydrogen-bond donors (Lipinski definition) is 2. The van der Waals surface area contributed by atoms with Crippen molar-refractivity contribution in [2.24, 2.45) is 5.92 Å². The second-order valence-electron chi connectivity index (χ2n) is 7.59. The number of aryl methyl sites for hydroxylation is 2. The zero-order valence-electron chi connectivity index (χ0n) is 17.2. The highest BCUT2D eigenvalue weighted by molar-refractivity contribution is 7.89. The molecule has 9 heteroatoms. The van der Waals surface area contributed by atoms with Gasteiger partial charge in [-0.3, -0.25) is 9.59 Å². The van der Waals surface area contributed by atoms with E-state index in [0.29, 0.717) is 24.4 Å². The Kier molecular flexibility index (Phi) is 6.94. The summed E-state index contributed by atoms with van der Waals surface area (Å²) >= 11 is 0. The molecule has 0 radical (unpaired) electrons. The minimum atomic E-state index is -3.58. The molecular formula is C21H27N3O5S. The number of rotatable bonds is 7. The molecule has 1 saturated heterocycles. The largest absolute Gasteiger partial charge is 0.469 e. The zero-order chi connectivity index (χ0) is 21.7. The minimum Gasteiger partial charge on any atom is -0.469 e. The Morgan fingerprint density at radius 3 is 2.57 bits per heavy atom. The van der Waals surface area contributed by atoms with Gasteiger partial charge in [0.2, 0.25) is 15.9 Å². The lowest BCUT2D eigenvalue weighted by Gasteiger charge is -2.33. The molecule has 0 aliphatic carbocycles. The fraction of sp³-hybridized carbons (Fsp3) is 0.429. The third-order valence-electron chi connectivity index (χ3n) is 5.27. The lowest BCUT2D eigenvalue weighted by atomic mass is 9.98. The van der Waals surface area contributed by atoms with E-state index < -0.39 is 10.0 Å². The van der Waals surface area contributed by atoms with Crippen molar-refractivity contribution in [3.8, 4) is 0 Å². The van der Waals surface area contributed by atoms with Crippen molar-refractivity contribution in [3.63, 3.8) is 0 Å². The van der Waals surface area contributed by atoms with Gasteiger partial charge in [-0.2, -0.15) is 0 Å². The van der Waals surface area contributed by atoms with Crippen molar-refractivity contribution >= 4 is 21.8 Å². The van der Waals surface area contributed by atoms with Crippen molar-refractivity contribution in [1.82, 2.24) is 14.9 Å². The topological polar surface area (TPSA) is 109 Å². The minimum absolute atomic E-state index is 0.0229. The molecule has 8 nitrogen and oxygen atoms in total. The van der Waals surface area contributed by atoms with Gasteiger partial charge in [-0.1, -0.05) is 17.7 Å². The van der Waals surface area contributed by atoms with Gasteiger partial charge in [-0.15, -0.1) is 0 Å². The lowest BCUT2D eigenvalue weighted by Crippen LogP contribution is -2.47. The number of carbonyl (C=O) groups excluding carboxylic acids is 2. The van der Waals surface area contributed by atoms with Gasteiger partial charge >= 0.3 is 0 Å². The second kappa shape index (κ2) is 9.44. The SMILES string of the molecule is Cc1ccc(S(=O)(=O)NCC2CCCN(C(=O)CNC(=O)c3ccoc3C)C2)cc1. The molecule has 0 spiro atoms. The first kappa shape index (κ1) is 22.0. The number of sulfonamides is 1. The Morgan fingerprint density at radius 2 is 1.90 bits per heavy atom. The highest BCUT2D eigenvalue weighted by atomic mass is 32.2. The molecule has 1 atom stereocenters. The summed E-state index contributed by atoms with van der Waals surface area (Å²) in [5, 5.41) is 2.62. The monoisotopic (exact) mass is 433 g/mol. The second-order valence-corrected chi connectivity index (χ2v) is 9.35. The van der Waals surface area contributed by atoms with Crippen LogP contribution in [-0.4, -0.2) is 51.3 Å². The Morgan fingerprint density at radius 1 is 1.17 bits per heavy atom. The van der Waals surface area contributed by atoms with Crippen molar-refractivity contribution in [3.05, 3.63) is 53.5 Å². The number of furan rings is 1. The third kappa shape index (κ3) is 5.48. The van der Waals surface area contributed by atoms with Crippen LogP contribution >= 0.6 is 0 Å². The van der Waals surface area contributed by atoms with Crippen LogP contribution in [0.1, 0.15) is 34.5 Å². The molecule has 3 rings (SSSR count). The van der Waals surface area contributed by atoms with E-state index in [4.69, 9.17) is 4.42 Å². The molecule has 0 saturated carbocycles. The normalized spacial score (nSPS) is 17.0. The van der Waals surface area contributed by atoms with E-state index in [-0.39, 0.29) is 35.7 Å². The van der Waals surface area contributed by atoms with Crippen molar-refractivity contribution in [2.75, 3.05) is 26.2 Å². The molecule has 2 amide bonds. The fourth-order valence-electron chi connectivity index (χ4n) is 3.47. The van der Waals surface area contributed by atoms with Crippen LogP contribution in [-0.2, 0) is 14.8 Å². The van der Waals surface area contributed by atoms with Gasteiger partial charge in [-0.05, 0) is 50.8 Å². The van der Waals surface area contributed by atoms with Crippen LogP contribution in [0.25, 0.3) is 0 Å². The van der Waals surface area contributed by atoms with Gasteiger partial charge in [0.15, 0.2) is 0 Å². The van der Waals surface area contributed by atoms with Crippen LogP contribution in [0.15, 0.2) is 45.9 Å². The van der Waals surface area contributed by atoms with E-state index in [9.17, 15) is 18.0 Å². The van der Waals surface area contributed by atoms with E-state index >= 15 is 0 Å². The number of piperidine rings is 1. The van der Waals surface area contributed by atoms with Crippen molar-refractivity contribution in [1.29, 1.82) is 0 Å². The van der Waals surface area contributed by atoms with Gasteiger partial charge in [0.1, 0.15) is 5.76 Å².